The first-order valence-electron chi connectivity index (χ1n) is 8.54. The van der Waals surface area contributed by atoms with Crippen LogP contribution in [0, 0.1) is 0 Å². The van der Waals surface area contributed by atoms with Crippen molar-refractivity contribution in [1.29, 1.82) is 0 Å². The number of carbonyl (C=O) groups excluding carboxylic acids is 2. The van der Waals surface area contributed by atoms with Gasteiger partial charge in [0.1, 0.15) is 24.7 Å². The Morgan fingerprint density at radius 3 is 2.18 bits per heavy atom. The van der Waals surface area contributed by atoms with E-state index in [2.05, 4.69) is 15.9 Å². The van der Waals surface area contributed by atoms with Crippen LogP contribution in [-0.4, -0.2) is 25.2 Å². The van der Waals surface area contributed by atoms with E-state index in [1.54, 1.807) is 42.5 Å². The van der Waals surface area contributed by atoms with E-state index < -0.39 is 11.9 Å². The first-order valence-corrected chi connectivity index (χ1v) is 9.34. The average molecular weight is 441 g/mol. The molecule has 0 unspecified atom stereocenters. The molecule has 0 aliphatic heterocycles. The van der Waals surface area contributed by atoms with Crippen molar-refractivity contribution in [2.75, 3.05) is 13.2 Å². The molecule has 0 spiro atoms. The Balaban J connectivity index is 1.48. The molecule has 0 amide bonds. The monoisotopic (exact) mass is 440 g/mol. The molecule has 142 valence electrons. The smallest absolute Gasteiger partial charge is 0.343 e. The minimum absolute atomic E-state index is 0.132. The fourth-order valence-electron chi connectivity index (χ4n) is 2.33. The maximum Gasteiger partial charge on any atom is 0.343 e. The van der Waals surface area contributed by atoms with E-state index in [9.17, 15) is 9.59 Å². The standard InChI is InChI=1S/C22H17BrO5/c23-18-6-4-5-17(15-18)22(25)28-20-11-9-16(10-12-20)21(24)27-14-13-26-19-7-2-1-3-8-19/h1-12,15H,13-14H2. The number of benzene rings is 3. The summed E-state index contributed by atoms with van der Waals surface area (Å²) in [6, 6.07) is 22.4. The van der Waals surface area contributed by atoms with Gasteiger partial charge in [0.2, 0.25) is 0 Å². The lowest BCUT2D eigenvalue weighted by atomic mass is 10.2. The molecule has 0 atom stereocenters. The van der Waals surface area contributed by atoms with E-state index in [0.717, 1.165) is 10.2 Å². The van der Waals surface area contributed by atoms with E-state index in [1.807, 2.05) is 36.4 Å². The number of esters is 2. The molecule has 3 aromatic carbocycles. The highest BCUT2D eigenvalue weighted by atomic mass is 79.9. The third kappa shape index (κ3) is 5.69. The minimum atomic E-state index is -0.477. The number of hydrogen-bond donors (Lipinski definition) is 0. The Hall–Kier alpha value is -3.12. The molecular weight excluding hydrogens is 424 g/mol. The Kier molecular flexibility index (Phi) is 6.81. The summed E-state index contributed by atoms with van der Waals surface area (Å²) < 4.78 is 16.7. The van der Waals surface area contributed by atoms with Crippen LogP contribution in [0.15, 0.2) is 83.3 Å². The molecule has 0 bridgehead atoms. The summed E-state index contributed by atoms with van der Waals surface area (Å²) in [4.78, 5) is 24.2. The van der Waals surface area contributed by atoms with Crippen LogP contribution in [0.3, 0.4) is 0 Å². The van der Waals surface area contributed by atoms with E-state index in [-0.39, 0.29) is 13.2 Å². The number of carbonyl (C=O) groups is 2. The number of para-hydroxylation sites is 1. The van der Waals surface area contributed by atoms with Gasteiger partial charge in [-0.15, -0.1) is 0 Å². The highest BCUT2D eigenvalue weighted by Gasteiger charge is 2.11. The highest BCUT2D eigenvalue weighted by Crippen LogP contribution is 2.17. The molecule has 0 heterocycles. The second kappa shape index (κ2) is 9.71. The maximum atomic E-state index is 12.1. The van der Waals surface area contributed by atoms with Gasteiger partial charge in [0.05, 0.1) is 11.1 Å². The van der Waals surface area contributed by atoms with E-state index in [4.69, 9.17) is 14.2 Å². The first-order chi connectivity index (χ1) is 13.6. The lowest BCUT2D eigenvalue weighted by Crippen LogP contribution is -2.12. The maximum absolute atomic E-state index is 12.1. The lowest BCUT2D eigenvalue weighted by molar-refractivity contribution is 0.0450. The van der Waals surface area contributed by atoms with Crippen molar-refractivity contribution in [1.82, 2.24) is 0 Å². The van der Waals surface area contributed by atoms with Crippen molar-refractivity contribution < 1.29 is 23.8 Å². The van der Waals surface area contributed by atoms with Crippen LogP contribution < -0.4 is 9.47 Å². The SMILES string of the molecule is O=C(OCCOc1ccccc1)c1ccc(OC(=O)c2cccc(Br)c2)cc1. The van der Waals surface area contributed by atoms with E-state index in [1.165, 1.54) is 0 Å². The lowest BCUT2D eigenvalue weighted by Gasteiger charge is -2.08. The van der Waals surface area contributed by atoms with Crippen LogP contribution in [0.1, 0.15) is 20.7 Å². The zero-order valence-corrected chi connectivity index (χ0v) is 16.4. The Bertz CT molecular complexity index is 939. The quantitative estimate of drug-likeness (QED) is 0.297. The van der Waals surface area contributed by atoms with Crippen LogP contribution in [0.25, 0.3) is 0 Å². The molecule has 0 saturated heterocycles. The topological polar surface area (TPSA) is 61.8 Å². The minimum Gasteiger partial charge on any atom is -0.490 e. The summed E-state index contributed by atoms with van der Waals surface area (Å²) in [5.41, 5.74) is 0.790. The number of rotatable bonds is 7. The zero-order valence-electron chi connectivity index (χ0n) is 14.8. The van der Waals surface area contributed by atoms with E-state index in [0.29, 0.717) is 16.9 Å². The van der Waals surface area contributed by atoms with Gasteiger partial charge in [-0.05, 0) is 54.6 Å². The molecule has 0 saturated carbocycles. The molecule has 0 aliphatic carbocycles. The van der Waals surface area contributed by atoms with Gasteiger partial charge in [-0.1, -0.05) is 40.2 Å². The van der Waals surface area contributed by atoms with Crippen LogP contribution in [0.2, 0.25) is 0 Å². The van der Waals surface area contributed by atoms with Crippen molar-refractivity contribution >= 4 is 27.9 Å². The zero-order chi connectivity index (χ0) is 19.8. The molecule has 0 radical (unpaired) electrons. The molecule has 28 heavy (non-hydrogen) atoms. The molecule has 6 heteroatoms. The molecule has 5 nitrogen and oxygen atoms in total. The van der Waals surface area contributed by atoms with Gasteiger partial charge in [-0.25, -0.2) is 9.59 Å². The summed E-state index contributed by atoms with van der Waals surface area (Å²) >= 11 is 3.31. The summed E-state index contributed by atoms with van der Waals surface area (Å²) in [6.45, 7) is 0.394. The summed E-state index contributed by atoms with van der Waals surface area (Å²) in [5.74, 6) is 0.111. The first kappa shape index (κ1) is 19.6. The largest absolute Gasteiger partial charge is 0.490 e. The van der Waals surface area contributed by atoms with Gasteiger partial charge < -0.3 is 14.2 Å². The third-order valence-electron chi connectivity index (χ3n) is 3.69. The average Bonchev–Trinajstić information content (AvgIpc) is 2.72. The molecule has 3 rings (SSSR count). The van der Waals surface area contributed by atoms with Crippen LogP contribution in [0.5, 0.6) is 11.5 Å². The van der Waals surface area contributed by atoms with Crippen molar-refractivity contribution in [3.05, 3.63) is 94.5 Å². The molecule has 0 aromatic heterocycles. The fourth-order valence-corrected chi connectivity index (χ4v) is 2.73. The predicted molar refractivity (Wildman–Crippen MR) is 108 cm³/mol. The molecule has 3 aromatic rings. The Morgan fingerprint density at radius 2 is 1.46 bits per heavy atom. The summed E-state index contributed by atoms with van der Waals surface area (Å²) in [6.07, 6.45) is 0. The Morgan fingerprint density at radius 1 is 0.714 bits per heavy atom. The number of hydrogen-bond acceptors (Lipinski definition) is 5. The van der Waals surface area contributed by atoms with Crippen LogP contribution in [-0.2, 0) is 4.74 Å². The van der Waals surface area contributed by atoms with Crippen molar-refractivity contribution in [3.8, 4) is 11.5 Å². The second-order valence-electron chi connectivity index (χ2n) is 5.72. The molecule has 0 aliphatic rings. The van der Waals surface area contributed by atoms with Gasteiger partial charge in [-0.3, -0.25) is 0 Å². The number of ether oxygens (including phenoxy) is 3. The summed E-state index contributed by atoms with van der Waals surface area (Å²) in [7, 11) is 0. The van der Waals surface area contributed by atoms with E-state index >= 15 is 0 Å². The highest BCUT2D eigenvalue weighted by molar-refractivity contribution is 9.10. The Labute approximate surface area is 171 Å². The molecular formula is C22H17BrO5. The van der Waals surface area contributed by atoms with Crippen molar-refractivity contribution in [2.45, 2.75) is 0 Å². The van der Waals surface area contributed by atoms with Gasteiger partial charge >= 0.3 is 11.9 Å². The third-order valence-corrected chi connectivity index (χ3v) is 4.18. The van der Waals surface area contributed by atoms with Crippen LogP contribution >= 0.6 is 15.9 Å². The second-order valence-corrected chi connectivity index (χ2v) is 6.64. The normalized spacial score (nSPS) is 10.2. The molecule has 0 N–H and O–H groups in total. The molecule has 0 fully saturated rings. The van der Waals surface area contributed by atoms with Crippen molar-refractivity contribution in [3.63, 3.8) is 0 Å². The van der Waals surface area contributed by atoms with Gasteiger partial charge in [0.15, 0.2) is 0 Å². The fraction of sp³-hybridized carbons (Fsp3) is 0.0909. The predicted octanol–water partition coefficient (Wildman–Crippen LogP) is 4.90. The summed E-state index contributed by atoms with van der Waals surface area (Å²) in [5, 5.41) is 0. The van der Waals surface area contributed by atoms with Gasteiger partial charge in [0, 0.05) is 4.47 Å². The van der Waals surface area contributed by atoms with Crippen LogP contribution in [0.4, 0.5) is 0 Å². The van der Waals surface area contributed by atoms with Gasteiger partial charge in [-0.2, -0.15) is 0 Å². The number of halogens is 1. The van der Waals surface area contributed by atoms with Crippen molar-refractivity contribution in [2.24, 2.45) is 0 Å². The van der Waals surface area contributed by atoms with Gasteiger partial charge in [0.25, 0.3) is 0 Å².